The fraction of sp³-hybridized carbons (Fsp3) is 0.458. The fourth-order valence-corrected chi connectivity index (χ4v) is 5.01. The van der Waals surface area contributed by atoms with Crippen LogP contribution in [0.2, 0.25) is 5.02 Å². The monoisotopic (exact) mass is 492 g/mol. The summed E-state index contributed by atoms with van der Waals surface area (Å²) in [7, 11) is -3.47. The zero-order valence-electron chi connectivity index (χ0n) is 19.1. The van der Waals surface area contributed by atoms with Gasteiger partial charge in [0.15, 0.2) is 9.84 Å². The van der Waals surface area contributed by atoms with E-state index in [1.807, 2.05) is 19.9 Å². The van der Waals surface area contributed by atoms with Gasteiger partial charge in [0.05, 0.1) is 41.0 Å². The standard InChI is InChI=1S/C24H29ClN2O5S/c1-16(2)15-32-23-5-4-19(33(3,29)30)12-20(23)24(28)27-13-17-10-21(25)22(11-18(17)14-27)26-6-8-31-9-7-26/h4-5,10-12,16H,6-9,13-15H2,1-3H3. The average molecular weight is 493 g/mol. The van der Waals surface area contributed by atoms with Crippen molar-refractivity contribution in [1.82, 2.24) is 4.90 Å². The molecular formula is C24H29ClN2O5S. The number of amides is 1. The van der Waals surface area contributed by atoms with Gasteiger partial charge in [-0.15, -0.1) is 0 Å². The van der Waals surface area contributed by atoms with Crippen molar-refractivity contribution < 1.29 is 22.7 Å². The van der Waals surface area contributed by atoms with Gasteiger partial charge >= 0.3 is 0 Å². The molecule has 1 amide bonds. The van der Waals surface area contributed by atoms with E-state index in [1.165, 1.54) is 12.1 Å². The summed E-state index contributed by atoms with van der Waals surface area (Å²) in [6.07, 6.45) is 1.13. The van der Waals surface area contributed by atoms with Gasteiger partial charge in [-0.25, -0.2) is 8.42 Å². The molecule has 0 atom stereocenters. The van der Waals surface area contributed by atoms with Gasteiger partial charge in [0, 0.05) is 32.4 Å². The maximum Gasteiger partial charge on any atom is 0.258 e. The van der Waals surface area contributed by atoms with E-state index >= 15 is 0 Å². The van der Waals surface area contributed by atoms with Gasteiger partial charge in [0.2, 0.25) is 0 Å². The molecule has 0 bridgehead atoms. The Hall–Kier alpha value is -2.29. The number of morpholine rings is 1. The molecule has 2 aromatic carbocycles. The first-order valence-corrected chi connectivity index (χ1v) is 13.3. The summed E-state index contributed by atoms with van der Waals surface area (Å²) in [5.74, 6) is 0.392. The first-order valence-electron chi connectivity index (χ1n) is 11.0. The molecule has 2 aliphatic heterocycles. The first kappa shape index (κ1) is 23.9. The Morgan fingerprint density at radius 1 is 1.12 bits per heavy atom. The Bertz CT molecular complexity index is 1160. The molecule has 33 heavy (non-hydrogen) atoms. The van der Waals surface area contributed by atoms with Crippen molar-refractivity contribution in [2.45, 2.75) is 31.8 Å². The number of halogens is 1. The molecule has 0 N–H and O–H groups in total. The lowest BCUT2D eigenvalue weighted by Gasteiger charge is -2.30. The number of sulfone groups is 1. The number of ether oxygens (including phenoxy) is 2. The molecule has 0 unspecified atom stereocenters. The molecule has 1 fully saturated rings. The highest BCUT2D eigenvalue weighted by atomic mass is 35.5. The van der Waals surface area contributed by atoms with Crippen molar-refractivity contribution in [2.24, 2.45) is 5.92 Å². The summed E-state index contributed by atoms with van der Waals surface area (Å²) in [4.78, 5) is 17.5. The number of benzene rings is 2. The largest absolute Gasteiger partial charge is 0.492 e. The van der Waals surface area contributed by atoms with Gasteiger partial charge in [0.25, 0.3) is 5.91 Å². The number of hydrogen-bond acceptors (Lipinski definition) is 6. The third-order valence-corrected chi connectivity index (χ3v) is 7.23. The molecule has 1 saturated heterocycles. The third kappa shape index (κ3) is 5.28. The number of carbonyl (C=O) groups is 1. The smallest absolute Gasteiger partial charge is 0.258 e. The molecule has 0 radical (unpaired) electrons. The van der Waals surface area contributed by atoms with E-state index in [1.54, 1.807) is 11.0 Å². The Labute approximate surface area is 200 Å². The Morgan fingerprint density at radius 2 is 1.79 bits per heavy atom. The average Bonchev–Trinajstić information content (AvgIpc) is 3.19. The lowest BCUT2D eigenvalue weighted by molar-refractivity contribution is 0.0746. The van der Waals surface area contributed by atoms with Crippen molar-refractivity contribution in [1.29, 1.82) is 0 Å². The lowest BCUT2D eigenvalue weighted by Crippen LogP contribution is -2.36. The van der Waals surface area contributed by atoms with Crippen molar-refractivity contribution in [2.75, 3.05) is 44.1 Å². The minimum Gasteiger partial charge on any atom is -0.492 e. The molecule has 0 spiro atoms. The van der Waals surface area contributed by atoms with Crippen molar-refractivity contribution in [3.8, 4) is 5.75 Å². The summed E-state index contributed by atoms with van der Waals surface area (Å²) >= 11 is 6.58. The normalized spacial score (nSPS) is 16.3. The summed E-state index contributed by atoms with van der Waals surface area (Å²) in [5, 5.41) is 0.657. The van der Waals surface area contributed by atoms with E-state index in [2.05, 4.69) is 11.0 Å². The van der Waals surface area contributed by atoms with E-state index in [-0.39, 0.29) is 22.3 Å². The Kier molecular flexibility index (Phi) is 6.88. The van der Waals surface area contributed by atoms with Gasteiger partial charge in [0.1, 0.15) is 5.75 Å². The van der Waals surface area contributed by atoms with Crippen molar-refractivity contribution in [3.05, 3.63) is 52.0 Å². The topological polar surface area (TPSA) is 76.2 Å². The summed E-state index contributed by atoms with van der Waals surface area (Å²) in [6, 6.07) is 8.46. The number of nitrogens with zero attached hydrogens (tertiary/aromatic N) is 2. The van der Waals surface area contributed by atoms with Crippen LogP contribution in [0.15, 0.2) is 35.2 Å². The van der Waals surface area contributed by atoms with Gasteiger partial charge in [-0.2, -0.15) is 0 Å². The van der Waals surface area contributed by atoms with Crippen LogP contribution in [0.5, 0.6) is 5.75 Å². The van der Waals surface area contributed by atoms with E-state index in [4.69, 9.17) is 21.1 Å². The zero-order valence-corrected chi connectivity index (χ0v) is 20.7. The molecule has 0 saturated carbocycles. The second-order valence-electron chi connectivity index (χ2n) is 8.97. The van der Waals surface area contributed by atoms with Crippen LogP contribution in [0.4, 0.5) is 5.69 Å². The maximum absolute atomic E-state index is 13.5. The number of carbonyl (C=O) groups excluding carboxylic acids is 1. The maximum atomic E-state index is 13.5. The minimum atomic E-state index is -3.47. The first-order chi connectivity index (χ1) is 15.6. The zero-order chi connectivity index (χ0) is 23.8. The highest BCUT2D eigenvalue weighted by Gasteiger charge is 2.29. The third-order valence-electron chi connectivity index (χ3n) is 5.81. The number of rotatable bonds is 6. The number of hydrogen-bond donors (Lipinski definition) is 0. The summed E-state index contributed by atoms with van der Waals surface area (Å²) in [6.45, 7) is 8.16. The van der Waals surface area contributed by atoms with E-state index in [0.717, 1.165) is 36.2 Å². The van der Waals surface area contributed by atoms with Crippen LogP contribution in [-0.4, -0.2) is 58.4 Å². The Morgan fingerprint density at radius 3 is 2.42 bits per heavy atom. The van der Waals surface area contributed by atoms with E-state index in [9.17, 15) is 13.2 Å². The SMILES string of the molecule is CC(C)COc1ccc(S(C)(=O)=O)cc1C(=O)N1Cc2cc(Cl)c(N3CCOCC3)cc2C1. The molecule has 0 aliphatic carbocycles. The van der Waals surface area contributed by atoms with Gasteiger partial charge in [-0.05, 0) is 47.4 Å². The molecule has 2 heterocycles. The van der Waals surface area contributed by atoms with Gasteiger partial charge in [-0.1, -0.05) is 25.4 Å². The molecular weight excluding hydrogens is 464 g/mol. The quantitative estimate of drug-likeness (QED) is 0.611. The molecule has 4 rings (SSSR count). The second-order valence-corrected chi connectivity index (χ2v) is 11.4. The van der Waals surface area contributed by atoms with Gasteiger partial charge in [-0.3, -0.25) is 4.79 Å². The van der Waals surface area contributed by atoms with Crippen molar-refractivity contribution >= 4 is 33.0 Å². The molecule has 9 heteroatoms. The predicted molar refractivity (Wildman–Crippen MR) is 128 cm³/mol. The highest BCUT2D eigenvalue weighted by Crippen LogP contribution is 2.36. The van der Waals surface area contributed by atoms with Crippen LogP contribution in [0.3, 0.4) is 0 Å². The van der Waals surface area contributed by atoms with E-state index < -0.39 is 9.84 Å². The van der Waals surface area contributed by atoms with Crippen LogP contribution < -0.4 is 9.64 Å². The van der Waals surface area contributed by atoms with Crippen LogP contribution in [0, 0.1) is 5.92 Å². The van der Waals surface area contributed by atoms with Crippen LogP contribution >= 0.6 is 11.6 Å². The molecule has 2 aromatic rings. The molecule has 0 aromatic heterocycles. The number of anilines is 1. The Balaban J connectivity index is 1.62. The minimum absolute atomic E-state index is 0.0945. The second kappa shape index (κ2) is 9.52. The van der Waals surface area contributed by atoms with Crippen LogP contribution in [0.25, 0.3) is 0 Å². The van der Waals surface area contributed by atoms with E-state index in [0.29, 0.717) is 43.7 Å². The van der Waals surface area contributed by atoms with Gasteiger partial charge < -0.3 is 19.3 Å². The summed E-state index contributed by atoms with van der Waals surface area (Å²) in [5.41, 5.74) is 3.24. The highest BCUT2D eigenvalue weighted by molar-refractivity contribution is 7.90. The van der Waals surface area contributed by atoms with Crippen molar-refractivity contribution in [3.63, 3.8) is 0 Å². The predicted octanol–water partition coefficient (Wildman–Crippen LogP) is 3.77. The molecule has 7 nitrogen and oxygen atoms in total. The fourth-order valence-electron chi connectivity index (χ4n) is 4.06. The molecule has 2 aliphatic rings. The number of fused-ring (bicyclic) bond motifs is 1. The van der Waals surface area contributed by atoms with Crippen LogP contribution in [-0.2, 0) is 27.7 Å². The lowest BCUT2D eigenvalue weighted by atomic mass is 10.1. The summed E-state index contributed by atoms with van der Waals surface area (Å²) < 4.78 is 35.5. The van der Waals surface area contributed by atoms with Crippen LogP contribution in [0.1, 0.15) is 35.3 Å². The molecule has 178 valence electrons.